The van der Waals surface area contributed by atoms with Crippen LogP contribution in [0.15, 0.2) is 24.3 Å². The van der Waals surface area contributed by atoms with Crippen molar-refractivity contribution >= 4 is 73.2 Å². The molecule has 85 heavy (non-hydrogen) atoms. The van der Waals surface area contributed by atoms with Crippen LogP contribution in [0.25, 0.3) is 0 Å². The molecule has 0 bridgehead atoms. The predicted octanol–water partition coefficient (Wildman–Crippen LogP) is 3.81. The van der Waals surface area contributed by atoms with Crippen LogP contribution in [0.2, 0.25) is 25.7 Å². The van der Waals surface area contributed by atoms with Gasteiger partial charge in [0.2, 0.25) is 47.3 Å². The molecule has 9 amide bonds. The van der Waals surface area contributed by atoms with Crippen LogP contribution in [0.5, 0.6) is 5.75 Å². The number of piperidine rings is 1. The number of ether oxygens (including phenoxy) is 2. The Kier molecular flexibility index (Phi) is 27.6. The van der Waals surface area contributed by atoms with Gasteiger partial charge in [-0.05, 0) is 79.5 Å². The Morgan fingerprint density at radius 1 is 0.647 bits per heavy atom. The Bertz CT molecular complexity index is 2520. The molecule has 4 N–H and O–H groups in total. The highest BCUT2D eigenvalue weighted by Crippen LogP contribution is 2.27. The number of nitrogens with one attached hydrogen (secondary N) is 3. The average molecular weight is 1210 g/mol. The number of aromatic hydroxyl groups is 1. The van der Waals surface area contributed by atoms with Crippen molar-refractivity contribution in [1.29, 1.82) is 0 Å². The Hall–Kier alpha value is -6.59. The lowest BCUT2D eigenvalue weighted by molar-refractivity contribution is -0.165. The lowest BCUT2D eigenvalue weighted by Gasteiger charge is -2.41. The molecular formula is C61H101N9O14Si. The van der Waals surface area contributed by atoms with E-state index < -0.39 is 170 Å². The molecule has 0 unspecified atom stereocenters. The van der Waals surface area contributed by atoms with E-state index in [9.17, 15) is 43.5 Å². The molecule has 11 atom stereocenters. The molecule has 3 rings (SSSR count). The van der Waals surface area contributed by atoms with Crippen LogP contribution in [-0.4, -0.2) is 217 Å². The number of benzene rings is 1. The maximum atomic E-state index is 15.3. The second-order valence-corrected chi connectivity index (χ2v) is 31.2. The molecule has 0 aliphatic carbocycles. The van der Waals surface area contributed by atoms with Crippen molar-refractivity contribution in [3.8, 4) is 5.75 Å². The van der Waals surface area contributed by atoms with Gasteiger partial charge in [0, 0.05) is 56.3 Å². The van der Waals surface area contributed by atoms with Crippen molar-refractivity contribution in [2.75, 3.05) is 54.9 Å². The quantitative estimate of drug-likeness (QED) is 0.152. The van der Waals surface area contributed by atoms with Gasteiger partial charge in [-0.3, -0.25) is 47.9 Å². The number of amides is 9. The first-order chi connectivity index (χ1) is 39.5. The monoisotopic (exact) mass is 1210 g/mol. The fourth-order valence-electron chi connectivity index (χ4n) is 11.1. The number of carbonyl (C=O) groups is 11. The van der Waals surface area contributed by atoms with E-state index in [-0.39, 0.29) is 31.7 Å². The van der Waals surface area contributed by atoms with Gasteiger partial charge in [-0.2, -0.15) is 0 Å². The molecule has 23 nitrogen and oxygen atoms in total. The van der Waals surface area contributed by atoms with Gasteiger partial charge in [-0.25, -0.2) is 4.79 Å². The molecule has 2 heterocycles. The number of phenolic OH excluding ortho intramolecular Hbond substituents is 1. The molecule has 2 fully saturated rings. The molecule has 1 aromatic carbocycles. The van der Waals surface area contributed by atoms with Gasteiger partial charge in [0.15, 0.2) is 6.10 Å². The lowest BCUT2D eigenvalue weighted by atomic mass is 9.92. The van der Waals surface area contributed by atoms with Crippen molar-refractivity contribution in [2.24, 2.45) is 29.6 Å². The van der Waals surface area contributed by atoms with E-state index in [2.05, 4.69) is 35.6 Å². The van der Waals surface area contributed by atoms with Crippen molar-refractivity contribution < 1.29 is 67.3 Å². The maximum Gasteiger partial charge on any atom is 0.329 e. The van der Waals surface area contributed by atoms with E-state index in [1.54, 1.807) is 67.5 Å². The number of cyclic esters (lactones) is 1. The summed E-state index contributed by atoms with van der Waals surface area (Å²) in [5, 5.41) is 18.3. The van der Waals surface area contributed by atoms with Gasteiger partial charge in [0.1, 0.15) is 54.1 Å². The van der Waals surface area contributed by atoms with Crippen LogP contribution in [0, 0.1) is 29.6 Å². The van der Waals surface area contributed by atoms with Crippen LogP contribution in [0.4, 0.5) is 0 Å². The lowest BCUT2D eigenvalue weighted by Crippen LogP contribution is -2.63. The second kappa shape index (κ2) is 32.2. The molecule has 0 aromatic heterocycles. The van der Waals surface area contributed by atoms with Crippen molar-refractivity contribution in [1.82, 2.24) is 45.3 Å². The molecule has 2 saturated heterocycles. The summed E-state index contributed by atoms with van der Waals surface area (Å²) in [4.78, 5) is 168. The van der Waals surface area contributed by atoms with E-state index in [0.717, 1.165) is 9.80 Å². The summed E-state index contributed by atoms with van der Waals surface area (Å²) < 4.78 is 11.5. The fraction of sp³-hybridized carbons (Fsp3) is 0.721. The largest absolute Gasteiger partial charge is 0.508 e. The first-order valence-corrected chi connectivity index (χ1v) is 33.9. The van der Waals surface area contributed by atoms with Crippen LogP contribution < -0.4 is 16.0 Å². The number of carbonyl (C=O) groups excluding carboxylic acids is 11. The highest BCUT2D eigenvalue weighted by molar-refractivity contribution is 6.76. The minimum Gasteiger partial charge on any atom is -0.508 e. The molecule has 0 spiro atoms. The molecule has 0 radical (unpaired) electrons. The van der Waals surface area contributed by atoms with Gasteiger partial charge < -0.3 is 59.9 Å². The third kappa shape index (κ3) is 19.5. The summed E-state index contributed by atoms with van der Waals surface area (Å²) in [5.41, 5.74) is 0.497. The molecular weight excluding hydrogens is 1110 g/mol. The standard InChI is InChI=1S/C61H101N9O14Si/c1-20-38(9)51-53(74)62-34-46(72)66(13)49(36(5)6)54(75)63-43(32-41-25-27-42(71)28-26-41)61(82)84-40(11)56(77)70-29-23-22-24-44(70)57(78)67(14)50(37(7)8)55(76)64-48(35(3)4)59(80)65(12)45(33-47(73)83-30-31-85(17,18)19)58(79)69(16)52(39(10)21-2)60(81)68(51)15/h25-28,35-40,43-45,48-52,71H,20-24,29-34H2,1-19H3,(H,62,74)(H,63,75)(H,64,76)/t38-,39-,40+,43-,44-,45-,48-,49-,50-,51-,52-/m0/s1. The fourth-order valence-corrected chi connectivity index (χ4v) is 11.8. The number of likely N-dealkylation sites (N-methyl/N-ethyl adjacent to an activating group) is 5. The zero-order valence-electron chi connectivity index (χ0n) is 54.1. The number of esters is 2. The number of hydrogen-bond acceptors (Lipinski definition) is 14. The van der Waals surface area contributed by atoms with E-state index in [0.29, 0.717) is 37.3 Å². The summed E-state index contributed by atoms with van der Waals surface area (Å²) in [6.45, 7) is 24.6. The Balaban J connectivity index is 2.30. The van der Waals surface area contributed by atoms with Crippen molar-refractivity contribution in [3.63, 3.8) is 0 Å². The summed E-state index contributed by atoms with van der Waals surface area (Å²) in [6, 6.07) is -3.83. The topological polar surface area (TPSA) is 282 Å². The summed E-state index contributed by atoms with van der Waals surface area (Å²) in [6.07, 6.45) is -0.260. The molecule has 478 valence electrons. The molecule has 2 aliphatic rings. The minimum atomic E-state index is -1.70. The minimum absolute atomic E-state index is 0.0522. The van der Waals surface area contributed by atoms with Crippen molar-refractivity contribution in [3.05, 3.63) is 29.8 Å². The second-order valence-electron chi connectivity index (χ2n) is 25.6. The van der Waals surface area contributed by atoms with Crippen molar-refractivity contribution in [2.45, 2.75) is 201 Å². The molecule has 0 saturated carbocycles. The predicted molar refractivity (Wildman–Crippen MR) is 324 cm³/mol. The smallest absolute Gasteiger partial charge is 0.329 e. The normalized spacial score (nSPS) is 26.1. The highest BCUT2D eigenvalue weighted by atomic mass is 28.3. The Morgan fingerprint density at radius 2 is 1.18 bits per heavy atom. The van der Waals surface area contributed by atoms with Gasteiger partial charge >= 0.3 is 11.9 Å². The third-order valence-corrected chi connectivity index (χ3v) is 18.4. The summed E-state index contributed by atoms with van der Waals surface area (Å²) >= 11 is 0. The number of rotatable bonds is 14. The van der Waals surface area contributed by atoms with E-state index in [4.69, 9.17) is 9.47 Å². The number of nitrogens with zero attached hydrogens (tertiary/aromatic N) is 6. The van der Waals surface area contributed by atoms with Gasteiger partial charge in [0.25, 0.3) is 5.91 Å². The number of fused-ring (bicyclic) bond motifs is 1. The van der Waals surface area contributed by atoms with E-state index in [1.165, 1.54) is 73.9 Å². The number of phenols is 1. The average Bonchev–Trinajstić information content (AvgIpc) is 3.48. The number of hydrogen-bond donors (Lipinski definition) is 4. The van der Waals surface area contributed by atoms with Gasteiger partial charge in [-0.1, -0.05) is 114 Å². The van der Waals surface area contributed by atoms with Gasteiger partial charge in [-0.15, -0.1) is 0 Å². The molecule has 1 aromatic rings. The van der Waals surface area contributed by atoms with Gasteiger partial charge in [0.05, 0.1) is 19.6 Å². The Morgan fingerprint density at radius 3 is 1.72 bits per heavy atom. The van der Waals surface area contributed by atoms with Crippen LogP contribution in [-0.2, 0) is 68.6 Å². The maximum absolute atomic E-state index is 15.3. The summed E-state index contributed by atoms with van der Waals surface area (Å²) in [5.74, 6) is -11.0. The highest BCUT2D eigenvalue weighted by Gasteiger charge is 2.46. The zero-order chi connectivity index (χ0) is 64.7. The van der Waals surface area contributed by atoms with E-state index in [1.807, 2.05) is 13.8 Å². The first kappa shape index (κ1) is 72.7. The zero-order valence-corrected chi connectivity index (χ0v) is 55.1. The molecule has 24 heteroatoms. The third-order valence-electron chi connectivity index (χ3n) is 16.7. The van der Waals surface area contributed by atoms with Crippen LogP contribution in [0.3, 0.4) is 0 Å². The first-order valence-electron chi connectivity index (χ1n) is 30.2. The Labute approximate surface area is 505 Å². The molecule has 2 aliphatic heterocycles. The van der Waals surface area contributed by atoms with Crippen LogP contribution in [0.1, 0.15) is 120 Å². The summed E-state index contributed by atoms with van der Waals surface area (Å²) in [7, 11) is 5.27. The van der Waals surface area contributed by atoms with Crippen LogP contribution >= 0.6 is 0 Å². The van der Waals surface area contributed by atoms with E-state index >= 15 is 14.4 Å². The SMILES string of the molecule is CC[C@H](C)[C@H]1C(=O)NCC(=O)N(C)[C@@H](C(C)C)C(=O)N[C@@H](Cc2ccc(O)cc2)C(=O)O[C@H](C)C(=O)N2CCCC[C@H]2C(=O)N(C)[C@@H](C(C)C)C(=O)N[C@@H](C(C)C)C(=O)N(C)[C@@H](CC(=O)OCC[Si](C)(C)C)C(=O)N(C)[C@@H]([C@@H](C)CC)C(=O)N1C.